The van der Waals surface area contributed by atoms with E-state index >= 15 is 0 Å². The van der Waals surface area contributed by atoms with Crippen molar-refractivity contribution in [1.29, 1.82) is 0 Å². The topological polar surface area (TPSA) is 586 Å². The van der Waals surface area contributed by atoms with Crippen molar-refractivity contribution in [1.82, 2.24) is 17.6 Å². The number of fused-ring (bicyclic) bond motifs is 8. The van der Waals surface area contributed by atoms with Gasteiger partial charge in [-0.2, -0.15) is 33.7 Å². The average Bonchev–Trinajstić information content (AvgIpc) is 0.744. The third-order valence-electron chi connectivity index (χ3n) is 22.6. The van der Waals surface area contributed by atoms with Gasteiger partial charge in [0.05, 0.1) is 68.8 Å². The van der Waals surface area contributed by atoms with Gasteiger partial charge < -0.3 is 41.7 Å². The Hall–Kier alpha value is -13.6. The first-order valence-corrected chi connectivity index (χ1v) is 56.8. The quantitative estimate of drug-likeness (QED) is 0.0253. The summed E-state index contributed by atoms with van der Waals surface area (Å²) in [6, 6.07) is 32.1. The summed E-state index contributed by atoms with van der Waals surface area (Å²) in [5, 5.41) is 55.2. The van der Waals surface area contributed by atoms with E-state index in [0.29, 0.717) is 99.9 Å². The molecule has 16 rings (SSSR count). The van der Waals surface area contributed by atoms with Crippen LogP contribution in [0.15, 0.2) is 208 Å². The summed E-state index contributed by atoms with van der Waals surface area (Å²) in [6.07, 6.45) is 11.6. The Morgan fingerprint density at radius 3 is 0.993 bits per heavy atom. The van der Waals surface area contributed by atoms with Crippen LogP contribution in [0.4, 0.5) is 49.9 Å². The molecule has 40 nitrogen and oxygen atoms in total. The number of aromatic nitrogens is 4. The maximum Gasteiger partial charge on any atom is 0.286 e. The summed E-state index contributed by atoms with van der Waals surface area (Å²) in [7, 11) is -32.0. The van der Waals surface area contributed by atoms with E-state index in [9.17, 15) is 111 Å². The van der Waals surface area contributed by atoms with Gasteiger partial charge in [-0.25, -0.2) is 38.1 Å². The second kappa shape index (κ2) is 40.8. The van der Waals surface area contributed by atoms with Crippen molar-refractivity contribution < 1.29 is 92.2 Å². The molecule has 12 N–H and O–H groups in total. The molecule has 0 saturated heterocycles. The largest absolute Gasteiger partial charge is 0.507 e. The van der Waals surface area contributed by atoms with E-state index in [-0.39, 0.29) is 130 Å². The van der Waals surface area contributed by atoms with Gasteiger partial charge in [-0.3, -0.25) is 55.7 Å². The number of amidine groups is 4. The molecule has 0 saturated carbocycles. The predicted molar refractivity (Wildman–Crippen MR) is 548 cm³/mol. The van der Waals surface area contributed by atoms with Crippen LogP contribution in [-0.2, 0) is 106 Å². The first-order valence-electron chi connectivity index (χ1n) is 43.8. The van der Waals surface area contributed by atoms with Crippen LogP contribution in [0.3, 0.4) is 0 Å². The monoisotopic (exact) mass is 2110 g/mol. The summed E-state index contributed by atoms with van der Waals surface area (Å²) in [6.45, 7) is 22.8. The highest BCUT2D eigenvalue weighted by Crippen LogP contribution is 2.41. The Morgan fingerprint density at radius 1 is 0.366 bits per heavy atom. The fourth-order valence-corrected chi connectivity index (χ4v) is 22.6. The standard InChI is InChI=1S/C24H28N4O6S2.2C23H26N4O6S2.C22H23FN4O6S2.CH4/c1-14(2)8-10-17-19-7-5-6-12-28(19)24(30)21(22(17)29)23-25-18-11-9-16(26-35(31,32)15(3)4)13-20(18)36(33,34)27-23;1-13(2)5-8-16-18-10-6-14(3)12-27(18)23(29)20(21(16)28)22-24-17-9-7-15(25-34(4,30)31)11-19(17)35(32,33)26-22;1-13(2)8-10-16-18-7-5-6-14(3)27(18)23(29)20(21(16)28)22-24-17-11-9-15(25-34(4,30)31)12-19(17)35(32,33)26-22;1-12(2)4-7-15-17-9-5-13(23)11-27(17)22(29)19(20(15)28)21-24-16-8-6-14(25-34(3,30)31)10-18(16)35(32,33)26-21;/h5-7,9,11-15,26,29H,8,10H2,1-4H3,(H,25,27);6-7,9-13,25,28H,5,8H2,1-4H3,(H,24,26);5-7,9,11-13,25,28H,8,10H2,1-4H3,(H,24,26);5-6,8-12,25,28H,4,7H2,1-3H3,(H,24,26);1H4. The summed E-state index contributed by atoms with van der Waals surface area (Å²) in [4.78, 5) is 52.5. The number of sulfonamides is 8. The molecule has 0 amide bonds. The average molecular weight is 2110 g/mol. The van der Waals surface area contributed by atoms with Gasteiger partial charge in [0.2, 0.25) is 40.1 Å². The van der Waals surface area contributed by atoms with Crippen molar-refractivity contribution in [3.63, 3.8) is 0 Å². The van der Waals surface area contributed by atoms with Crippen LogP contribution in [0.25, 0.3) is 22.1 Å². The molecular formula is C93H107FN16O24S8. The van der Waals surface area contributed by atoms with E-state index < -0.39 is 131 Å². The number of nitrogens with zero attached hydrogens (tertiary/aromatic N) is 8. The minimum atomic E-state index is -4.39. The van der Waals surface area contributed by atoms with E-state index in [1.807, 2.05) is 68.4 Å². The van der Waals surface area contributed by atoms with E-state index in [1.54, 1.807) is 61.8 Å². The number of hydrogen-bond donors (Lipinski definition) is 12. The Kier molecular flexibility index (Phi) is 30.8. The van der Waals surface area contributed by atoms with Gasteiger partial charge in [0.25, 0.3) is 62.3 Å². The number of rotatable bonds is 25. The molecule has 12 heterocycles. The number of nitrogens with one attached hydrogen (secondary N) is 8. The molecule has 49 heteroatoms. The van der Waals surface area contributed by atoms with Crippen molar-refractivity contribution in [3.05, 3.63) is 255 Å². The van der Waals surface area contributed by atoms with E-state index in [1.165, 1.54) is 93.8 Å². The number of halogens is 1. The van der Waals surface area contributed by atoms with Crippen molar-refractivity contribution in [3.8, 4) is 23.0 Å². The van der Waals surface area contributed by atoms with E-state index in [2.05, 4.69) is 57.7 Å². The lowest BCUT2D eigenvalue weighted by molar-refractivity contribution is 0.460. The summed E-state index contributed by atoms with van der Waals surface area (Å²) >= 11 is 0. The fourth-order valence-electron chi connectivity index (χ4n) is 15.7. The second-order valence-electron chi connectivity index (χ2n) is 36.0. The first-order chi connectivity index (χ1) is 65.6. The minimum absolute atomic E-state index is 0. The molecule has 4 aliphatic rings. The third kappa shape index (κ3) is 23.4. The molecule has 142 heavy (non-hydrogen) atoms. The predicted octanol–water partition coefficient (Wildman–Crippen LogP) is 12.3. The Morgan fingerprint density at radius 2 is 0.662 bits per heavy atom. The zero-order valence-electron chi connectivity index (χ0n) is 78.7. The molecule has 0 radical (unpaired) electrons. The molecule has 0 aliphatic carbocycles. The van der Waals surface area contributed by atoms with Crippen LogP contribution >= 0.6 is 0 Å². The fraction of sp³-hybridized carbons (Fsp3) is 0.312. The summed E-state index contributed by atoms with van der Waals surface area (Å²) < 4.78 is 241. The first kappa shape index (κ1) is 107. The molecule has 0 spiro atoms. The molecule has 12 aromatic rings. The van der Waals surface area contributed by atoms with Crippen molar-refractivity contribution in [2.24, 2.45) is 41.3 Å². The molecular weight excluding hydrogens is 2000 g/mol. The van der Waals surface area contributed by atoms with Crippen LogP contribution in [0, 0.1) is 43.3 Å². The van der Waals surface area contributed by atoms with Crippen LogP contribution in [0.1, 0.15) is 158 Å². The normalized spacial score (nSPS) is 14.9. The highest BCUT2D eigenvalue weighted by Gasteiger charge is 2.38. The molecule has 0 bridgehead atoms. The van der Waals surface area contributed by atoms with Gasteiger partial charge in [-0.1, -0.05) is 81.0 Å². The highest BCUT2D eigenvalue weighted by atomic mass is 32.2. The minimum Gasteiger partial charge on any atom is -0.507 e. The van der Waals surface area contributed by atoms with E-state index in [0.717, 1.165) is 72.4 Å². The lowest BCUT2D eigenvalue weighted by Crippen LogP contribution is -2.31. The Balaban J connectivity index is 0.000000169. The number of anilines is 8. The van der Waals surface area contributed by atoms with Crippen molar-refractivity contribution in [2.45, 2.75) is 167 Å². The van der Waals surface area contributed by atoms with E-state index in [4.69, 9.17) is 0 Å². The zero-order valence-corrected chi connectivity index (χ0v) is 85.2. The molecule has 4 aromatic carbocycles. The van der Waals surface area contributed by atoms with Crippen LogP contribution in [0.5, 0.6) is 23.0 Å². The summed E-state index contributed by atoms with van der Waals surface area (Å²) in [5.41, 5.74) is 1.93. The molecule has 758 valence electrons. The van der Waals surface area contributed by atoms with Crippen molar-refractivity contribution >= 4 is 171 Å². The lowest BCUT2D eigenvalue weighted by Gasteiger charge is -2.21. The number of pyridine rings is 8. The smallest absolute Gasteiger partial charge is 0.286 e. The van der Waals surface area contributed by atoms with Gasteiger partial charge >= 0.3 is 0 Å². The number of aromatic hydroxyl groups is 4. The molecule has 0 unspecified atom stereocenters. The van der Waals surface area contributed by atoms with Crippen LogP contribution < -0.4 is 62.4 Å². The van der Waals surface area contributed by atoms with Gasteiger partial charge in [0.15, 0.2) is 23.3 Å². The maximum atomic E-state index is 14.0. The zero-order chi connectivity index (χ0) is 104. The second-order valence-corrected chi connectivity index (χ2v) is 49.8. The maximum absolute atomic E-state index is 14.0. The third-order valence-corrected chi connectivity index (χ3v) is 31.5. The van der Waals surface area contributed by atoms with Gasteiger partial charge in [0, 0.05) is 69.3 Å². The number of aryl methyl sites for hydroxylation is 6. The summed E-state index contributed by atoms with van der Waals surface area (Å²) in [5.74, 6) is -2.14. The van der Waals surface area contributed by atoms with Crippen LogP contribution in [0.2, 0.25) is 0 Å². The highest BCUT2D eigenvalue weighted by molar-refractivity contribution is 7.94. The Bertz CT molecular complexity index is 8370. The number of hydrogen-bond acceptors (Lipinski definition) is 28. The molecule has 0 atom stereocenters. The van der Waals surface area contributed by atoms with Crippen LogP contribution in [-0.4, -0.2) is 153 Å². The van der Waals surface area contributed by atoms with Crippen molar-refractivity contribution in [2.75, 3.05) is 58.9 Å². The number of benzene rings is 4. The van der Waals surface area contributed by atoms with Gasteiger partial charge in [-0.15, -0.1) is 17.6 Å². The SMILES string of the molecule is C.CC(C)CCc1c(O)c(C2=NS(=O)(=O)c3cc(NS(=O)(=O)C(C)C)ccc3N2)c(=O)n2ccccc12.CC(C)CCc1c(O)c(C2=NS(=O)(=O)c3cc(NS(C)(=O)=O)ccc3N2)c(=O)n2cc(F)ccc12.Cc1ccc2c(CCC(C)C)c(O)c(C3=NS(=O)(=O)c4cc(NS(C)(=O)=O)ccc4N3)c(=O)n2c1.Cc1cccc2c(CCC(C)C)c(O)c(C3=NS(=O)(=O)c4cc(NS(C)(=O)=O)ccc4N3)c(=O)n12. The van der Waals surface area contributed by atoms with Gasteiger partial charge in [-0.05, 0) is 224 Å². The molecule has 8 aromatic heterocycles. The molecule has 0 fully saturated rings. The lowest BCUT2D eigenvalue weighted by atomic mass is 9.98. The van der Waals surface area contributed by atoms with Gasteiger partial charge in [0.1, 0.15) is 70.7 Å². The molecule has 4 aliphatic heterocycles. The Labute approximate surface area is 819 Å².